The second-order valence-corrected chi connectivity index (χ2v) is 6.13. The summed E-state index contributed by atoms with van der Waals surface area (Å²) in [6, 6.07) is 14.1. The van der Waals surface area contributed by atoms with Crippen molar-refractivity contribution in [3.05, 3.63) is 54.5 Å². The molecule has 1 saturated heterocycles. The third kappa shape index (κ3) is 3.83. The molecular weight excluding hydrogens is 316 g/mol. The van der Waals surface area contributed by atoms with E-state index in [2.05, 4.69) is 30.6 Å². The van der Waals surface area contributed by atoms with Gasteiger partial charge in [-0.15, -0.1) is 5.10 Å². The van der Waals surface area contributed by atoms with Crippen molar-refractivity contribution < 1.29 is 4.52 Å². The van der Waals surface area contributed by atoms with E-state index in [1.54, 1.807) is 6.20 Å². The van der Waals surface area contributed by atoms with E-state index in [1.165, 1.54) is 0 Å². The summed E-state index contributed by atoms with van der Waals surface area (Å²) in [6.07, 6.45) is 3.94. The van der Waals surface area contributed by atoms with Gasteiger partial charge < -0.3 is 14.7 Å². The van der Waals surface area contributed by atoms with Crippen molar-refractivity contribution >= 4 is 5.82 Å². The molecule has 0 aliphatic carbocycles. The molecule has 3 aromatic rings. The van der Waals surface area contributed by atoms with Gasteiger partial charge in [0.1, 0.15) is 0 Å². The molecule has 0 radical (unpaired) electrons. The number of aromatic nitrogens is 4. The smallest absolute Gasteiger partial charge is 0.257 e. The molecule has 0 bridgehead atoms. The Balaban J connectivity index is 1.35. The summed E-state index contributed by atoms with van der Waals surface area (Å²) in [7, 11) is 0. The molecule has 128 valence electrons. The van der Waals surface area contributed by atoms with E-state index < -0.39 is 0 Å². The van der Waals surface area contributed by atoms with Crippen molar-refractivity contribution in [2.45, 2.75) is 25.4 Å². The maximum absolute atomic E-state index is 5.35. The topological polar surface area (TPSA) is 80.0 Å². The summed E-state index contributed by atoms with van der Waals surface area (Å²) in [5.74, 6) is 2.16. The second-order valence-electron chi connectivity index (χ2n) is 6.13. The Hall–Kier alpha value is -2.80. The Morgan fingerprint density at radius 3 is 2.92 bits per heavy atom. The number of nitrogens with one attached hydrogen (secondary N) is 1. The summed E-state index contributed by atoms with van der Waals surface area (Å²) in [5.41, 5.74) is 0.938. The standard InChI is InChI=1S/C18H20N6O/c1-2-6-14(7-3-1)18-21-16(23-25-18)12-19-15-8-5-11-24(13-15)17-9-4-10-20-22-17/h1-4,6-7,9-10,15,19H,5,8,11-13H2/t15-/m1/s1. The van der Waals surface area contributed by atoms with Gasteiger partial charge in [-0.25, -0.2) is 0 Å². The fourth-order valence-corrected chi connectivity index (χ4v) is 3.07. The number of rotatable bonds is 5. The van der Waals surface area contributed by atoms with Crippen LogP contribution in [0.5, 0.6) is 0 Å². The first-order valence-electron chi connectivity index (χ1n) is 8.52. The molecule has 1 aromatic carbocycles. The van der Waals surface area contributed by atoms with Crippen molar-refractivity contribution in [3.63, 3.8) is 0 Å². The van der Waals surface area contributed by atoms with E-state index >= 15 is 0 Å². The molecule has 1 aliphatic heterocycles. The van der Waals surface area contributed by atoms with Gasteiger partial charge in [-0.1, -0.05) is 23.4 Å². The van der Waals surface area contributed by atoms with Crippen LogP contribution < -0.4 is 10.2 Å². The molecule has 0 saturated carbocycles. The second kappa shape index (κ2) is 7.40. The molecule has 4 rings (SSSR count). The molecule has 1 aliphatic rings. The van der Waals surface area contributed by atoms with Crippen molar-refractivity contribution in [3.8, 4) is 11.5 Å². The highest BCUT2D eigenvalue weighted by molar-refractivity contribution is 5.51. The zero-order valence-corrected chi connectivity index (χ0v) is 13.9. The molecule has 0 unspecified atom stereocenters. The first-order chi connectivity index (χ1) is 12.4. The molecule has 0 spiro atoms. The van der Waals surface area contributed by atoms with Crippen LogP contribution in [0.1, 0.15) is 18.7 Å². The average Bonchev–Trinajstić information content (AvgIpc) is 3.17. The van der Waals surface area contributed by atoms with Crippen molar-refractivity contribution in [1.82, 2.24) is 25.7 Å². The summed E-state index contributed by atoms with van der Waals surface area (Å²) in [6.45, 7) is 2.51. The molecule has 7 nitrogen and oxygen atoms in total. The van der Waals surface area contributed by atoms with Gasteiger partial charge in [0.2, 0.25) is 0 Å². The Labute approximate surface area is 146 Å². The molecule has 25 heavy (non-hydrogen) atoms. The van der Waals surface area contributed by atoms with Gasteiger partial charge in [-0.05, 0) is 37.1 Å². The highest BCUT2D eigenvalue weighted by Gasteiger charge is 2.21. The van der Waals surface area contributed by atoms with Gasteiger partial charge in [0, 0.05) is 30.9 Å². The Kier molecular flexibility index (Phi) is 4.65. The van der Waals surface area contributed by atoms with Crippen molar-refractivity contribution in [1.29, 1.82) is 0 Å². The highest BCUT2D eigenvalue weighted by Crippen LogP contribution is 2.18. The molecule has 3 heterocycles. The maximum atomic E-state index is 5.35. The molecule has 1 atom stereocenters. The first kappa shape index (κ1) is 15.7. The van der Waals surface area contributed by atoms with Gasteiger partial charge in [0.05, 0.1) is 6.54 Å². The summed E-state index contributed by atoms with van der Waals surface area (Å²) in [5, 5.41) is 15.8. The summed E-state index contributed by atoms with van der Waals surface area (Å²) < 4.78 is 5.35. The van der Waals surface area contributed by atoms with Crippen LogP contribution in [-0.2, 0) is 6.54 Å². The third-order valence-electron chi connectivity index (χ3n) is 4.34. The van der Waals surface area contributed by atoms with Crippen LogP contribution in [-0.4, -0.2) is 39.5 Å². The first-order valence-corrected chi connectivity index (χ1v) is 8.52. The summed E-state index contributed by atoms with van der Waals surface area (Å²) >= 11 is 0. The molecule has 7 heteroatoms. The van der Waals surface area contributed by atoms with Gasteiger partial charge in [-0.2, -0.15) is 10.1 Å². The third-order valence-corrected chi connectivity index (χ3v) is 4.34. The van der Waals surface area contributed by atoms with E-state index in [1.807, 2.05) is 42.5 Å². The Bertz CT molecular complexity index is 792. The van der Waals surface area contributed by atoms with E-state index in [0.29, 0.717) is 24.3 Å². The molecule has 0 amide bonds. The fourth-order valence-electron chi connectivity index (χ4n) is 3.07. The van der Waals surface area contributed by atoms with E-state index in [0.717, 1.165) is 37.3 Å². The Morgan fingerprint density at radius 2 is 2.08 bits per heavy atom. The minimum absolute atomic E-state index is 0.370. The van der Waals surface area contributed by atoms with Gasteiger partial charge in [-0.3, -0.25) is 0 Å². The Morgan fingerprint density at radius 1 is 1.16 bits per heavy atom. The number of nitrogens with zero attached hydrogens (tertiary/aromatic N) is 5. The number of hydrogen-bond donors (Lipinski definition) is 1. The summed E-state index contributed by atoms with van der Waals surface area (Å²) in [4.78, 5) is 6.73. The number of anilines is 1. The quantitative estimate of drug-likeness (QED) is 0.765. The number of piperidine rings is 1. The predicted octanol–water partition coefficient (Wildman–Crippen LogP) is 2.29. The van der Waals surface area contributed by atoms with Crippen LogP contribution in [0.2, 0.25) is 0 Å². The number of hydrogen-bond acceptors (Lipinski definition) is 7. The van der Waals surface area contributed by atoms with Crippen LogP contribution in [0.15, 0.2) is 53.2 Å². The van der Waals surface area contributed by atoms with E-state index in [4.69, 9.17) is 4.52 Å². The fraction of sp³-hybridized carbons (Fsp3) is 0.333. The van der Waals surface area contributed by atoms with Crippen LogP contribution >= 0.6 is 0 Å². The lowest BCUT2D eigenvalue weighted by atomic mass is 10.1. The minimum atomic E-state index is 0.370. The van der Waals surface area contributed by atoms with Crippen molar-refractivity contribution in [2.24, 2.45) is 0 Å². The normalized spacial score (nSPS) is 17.6. The monoisotopic (exact) mass is 336 g/mol. The number of benzene rings is 1. The van der Waals surface area contributed by atoms with Crippen LogP contribution in [0, 0.1) is 0 Å². The predicted molar refractivity (Wildman–Crippen MR) is 93.8 cm³/mol. The molecule has 1 fully saturated rings. The van der Waals surface area contributed by atoms with Crippen LogP contribution in [0.25, 0.3) is 11.5 Å². The molecule has 1 N–H and O–H groups in total. The van der Waals surface area contributed by atoms with Crippen LogP contribution in [0.3, 0.4) is 0 Å². The van der Waals surface area contributed by atoms with E-state index in [-0.39, 0.29) is 0 Å². The largest absolute Gasteiger partial charge is 0.354 e. The van der Waals surface area contributed by atoms with Gasteiger partial charge in [0.25, 0.3) is 5.89 Å². The van der Waals surface area contributed by atoms with E-state index in [9.17, 15) is 0 Å². The van der Waals surface area contributed by atoms with Gasteiger partial charge in [0.15, 0.2) is 11.6 Å². The van der Waals surface area contributed by atoms with Crippen molar-refractivity contribution in [2.75, 3.05) is 18.0 Å². The zero-order chi connectivity index (χ0) is 16.9. The minimum Gasteiger partial charge on any atom is -0.354 e. The van der Waals surface area contributed by atoms with Gasteiger partial charge >= 0.3 is 0 Å². The maximum Gasteiger partial charge on any atom is 0.257 e. The van der Waals surface area contributed by atoms with Crippen LogP contribution in [0.4, 0.5) is 5.82 Å². The average molecular weight is 336 g/mol. The lowest BCUT2D eigenvalue weighted by Gasteiger charge is -2.33. The lowest BCUT2D eigenvalue weighted by Crippen LogP contribution is -2.46. The SMILES string of the molecule is c1ccc(-c2nc(CN[C@@H]3CCCN(c4cccnn4)C3)no2)cc1. The molecular formula is C18H20N6O. The highest BCUT2D eigenvalue weighted by atomic mass is 16.5. The zero-order valence-electron chi connectivity index (χ0n) is 13.9. The molecule has 2 aromatic heterocycles. The lowest BCUT2D eigenvalue weighted by molar-refractivity contribution is 0.395.